The molecule has 98 valence electrons. The zero-order chi connectivity index (χ0) is 12.4. The topological polar surface area (TPSA) is 30.5 Å². The number of nitrogens with one attached hydrogen (secondary N) is 1. The molecule has 0 aromatic heterocycles. The lowest BCUT2D eigenvalue weighted by Gasteiger charge is -2.32. The largest absolute Gasteiger partial charge is 0.493 e. The molecule has 3 rings (SSSR count). The van der Waals surface area contributed by atoms with Crippen LogP contribution in [0, 0.1) is 5.92 Å². The SMILES string of the molecule is CNC1CCOCC1CC1COc2ccccc21. The number of hydrogen-bond donors (Lipinski definition) is 1. The second-order valence-electron chi connectivity index (χ2n) is 5.30. The zero-order valence-electron chi connectivity index (χ0n) is 10.9. The lowest BCUT2D eigenvalue weighted by atomic mass is 9.84. The third kappa shape index (κ3) is 2.25. The van der Waals surface area contributed by atoms with Gasteiger partial charge >= 0.3 is 0 Å². The van der Waals surface area contributed by atoms with Gasteiger partial charge in [0.25, 0.3) is 0 Å². The van der Waals surface area contributed by atoms with Crippen molar-refractivity contribution >= 4 is 0 Å². The molecule has 3 unspecified atom stereocenters. The highest BCUT2D eigenvalue weighted by atomic mass is 16.5. The Hall–Kier alpha value is -1.06. The molecule has 1 saturated heterocycles. The van der Waals surface area contributed by atoms with Gasteiger partial charge in [0.2, 0.25) is 0 Å². The Kier molecular flexibility index (Phi) is 3.52. The van der Waals surface area contributed by atoms with Crippen LogP contribution >= 0.6 is 0 Å². The Morgan fingerprint density at radius 1 is 1.28 bits per heavy atom. The zero-order valence-corrected chi connectivity index (χ0v) is 10.9. The second kappa shape index (κ2) is 5.29. The van der Waals surface area contributed by atoms with Crippen molar-refractivity contribution in [1.82, 2.24) is 5.32 Å². The Bertz CT molecular complexity index is 407. The van der Waals surface area contributed by atoms with E-state index in [4.69, 9.17) is 9.47 Å². The molecule has 0 amide bonds. The molecule has 1 aromatic rings. The van der Waals surface area contributed by atoms with Gasteiger partial charge in [-0.2, -0.15) is 0 Å². The highest BCUT2D eigenvalue weighted by molar-refractivity contribution is 5.39. The molecule has 2 heterocycles. The summed E-state index contributed by atoms with van der Waals surface area (Å²) < 4.78 is 11.4. The van der Waals surface area contributed by atoms with Crippen LogP contribution in [-0.4, -0.2) is 32.9 Å². The first-order valence-corrected chi connectivity index (χ1v) is 6.85. The van der Waals surface area contributed by atoms with Gasteiger partial charge in [-0.25, -0.2) is 0 Å². The summed E-state index contributed by atoms with van der Waals surface area (Å²) in [6, 6.07) is 9.01. The number of hydrogen-bond acceptors (Lipinski definition) is 3. The van der Waals surface area contributed by atoms with E-state index in [9.17, 15) is 0 Å². The number of fused-ring (bicyclic) bond motifs is 1. The van der Waals surface area contributed by atoms with E-state index in [1.54, 1.807) is 0 Å². The fourth-order valence-corrected chi connectivity index (χ4v) is 3.20. The number of benzene rings is 1. The maximum atomic E-state index is 5.76. The second-order valence-corrected chi connectivity index (χ2v) is 5.30. The predicted molar refractivity (Wildman–Crippen MR) is 71.1 cm³/mol. The van der Waals surface area contributed by atoms with E-state index in [-0.39, 0.29) is 0 Å². The Morgan fingerprint density at radius 3 is 3.06 bits per heavy atom. The first-order chi connectivity index (χ1) is 8.88. The van der Waals surface area contributed by atoms with Crippen LogP contribution in [0.25, 0.3) is 0 Å². The van der Waals surface area contributed by atoms with Gasteiger partial charge in [-0.15, -0.1) is 0 Å². The minimum Gasteiger partial charge on any atom is -0.493 e. The molecule has 0 spiro atoms. The number of para-hydroxylation sites is 1. The fraction of sp³-hybridized carbons (Fsp3) is 0.600. The molecule has 3 atom stereocenters. The lowest BCUT2D eigenvalue weighted by molar-refractivity contribution is 0.0272. The van der Waals surface area contributed by atoms with E-state index in [0.29, 0.717) is 17.9 Å². The van der Waals surface area contributed by atoms with E-state index in [1.807, 2.05) is 6.07 Å². The quantitative estimate of drug-likeness (QED) is 0.888. The molecule has 1 N–H and O–H groups in total. The van der Waals surface area contributed by atoms with Gasteiger partial charge in [0, 0.05) is 24.1 Å². The van der Waals surface area contributed by atoms with Crippen LogP contribution in [0.1, 0.15) is 24.3 Å². The third-order valence-corrected chi connectivity index (χ3v) is 4.23. The van der Waals surface area contributed by atoms with Gasteiger partial charge in [0.05, 0.1) is 13.2 Å². The Morgan fingerprint density at radius 2 is 2.17 bits per heavy atom. The van der Waals surface area contributed by atoms with Crippen LogP contribution in [0.5, 0.6) is 5.75 Å². The van der Waals surface area contributed by atoms with E-state index in [0.717, 1.165) is 38.4 Å². The normalized spacial score (nSPS) is 30.8. The molecule has 18 heavy (non-hydrogen) atoms. The van der Waals surface area contributed by atoms with Crippen LogP contribution in [0.3, 0.4) is 0 Å². The first-order valence-electron chi connectivity index (χ1n) is 6.85. The molecule has 3 nitrogen and oxygen atoms in total. The maximum Gasteiger partial charge on any atom is 0.122 e. The van der Waals surface area contributed by atoms with Crippen molar-refractivity contribution in [3.05, 3.63) is 29.8 Å². The smallest absolute Gasteiger partial charge is 0.122 e. The predicted octanol–water partition coefficient (Wildman–Crippen LogP) is 2.18. The maximum absolute atomic E-state index is 5.76. The van der Waals surface area contributed by atoms with Gasteiger partial charge in [-0.05, 0) is 31.9 Å². The minimum absolute atomic E-state index is 0.531. The van der Waals surface area contributed by atoms with Crippen LogP contribution in [0.15, 0.2) is 24.3 Å². The average molecular weight is 247 g/mol. The summed E-state index contributed by atoms with van der Waals surface area (Å²) in [6.07, 6.45) is 2.28. The Balaban J connectivity index is 1.70. The van der Waals surface area contributed by atoms with Gasteiger partial charge < -0.3 is 14.8 Å². The summed E-state index contributed by atoms with van der Waals surface area (Å²) in [7, 11) is 2.06. The summed E-state index contributed by atoms with van der Waals surface area (Å²) in [4.78, 5) is 0. The van der Waals surface area contributed by atoms with Crippen molar-refractivity contribution in [3.8, 4) is 5.75 Å². The third-order valence-electron chi connectivity index (χ3n) is 4.23. The van der Waals surface area contributed by atoms with E-state index in [1.165, 1.54) is 5.56 Å². The summed E-state index contributed by atoms with van der Waals surface area (Å²) in [6.45, 7) is 2.59. The van der Waals surface area contributed by atoms with Crippen molar-refractivity contribution in [2.24, 2.45) is 5.92 Å². The number of rotatable bonds is 3. The van der Waals surface area contributed by atoms with Gasteiger partial charge in [0.15, 0.2) is 0 Å². The van der Waals surface area contributed by atoms with E-state index < -0.39 is 0 Å². The highest BCUT2D eigenvalue weighted by Crippen LogP contribution is 2.38. The summed E-state index contributed by atoms with van der Waals surface area (Å²) in [5.74, 6) is 2.20. The molecule has 0 aliphatic carbocycles. The van der Waals surface area contributed by atoms with Crippen molar-refractivity contribution < 1.29 is 9.47 Å². The lowest BCUT2D eigenvalue weighted by Crippen LogP contribution is -2.41. The van der Waals surface area contributed by atoms with Crippen LogP contribution < -0.4 is 10.1 Å². The molecular weight excluding hydrogens is 226 g/mol. The highest BCUT2D eigenvalue weighted by Gasteiger charge is 2.31. The van der Waals surface area contributed by atoms with E-state index >= 15 is 0 Å². The standard InChI is InChI=1S/C15H21NO2/c1-16-14-6-7-17-9-12(14)8-11-10-18-15-5-3-2-4-13(11)15/h2-5,11-12,14,16H,6-10H2,1H3. The summed E-state index contributed by atoms with van der Waals surface area (Å²) in [5, 5.41) is 3.43. The minimum atomic E-state index is 0.531. The molecule has 0 radical (unpaired) electrons. The summed E-state index contributed by atoms with van der Waals surface area (Å²) >= 11 is 0. The molecule has 2 aliphatic heterocycles. The first kappa shape index (κ1) is 12.0. The summed E-state index contributed by atoms with van der Waals surface area (Å²) in [5.41, 5.74) is 1.37. The molecule has 1 fully saturated rings. The fourth-order valence-electron chi connectivity index (χ4n) is 3.20. The van der Waals surface area contributed by atoms with Crippen LogP contribution in [0.2, 0.25) is 0 Å². The molecule has 3 heteroatoms. The van der Waals surface area contributed by atoms with Gasteiger partial charge in [-0.1, -0.05) is 18.2 Å². The van der Waals surface area contributed by atoms with E-state index in [2.05, 4.69) is 30.6 Å². The van der Waals surface area contributed by atoms with Crippen molar-refractivity contribution in [2.75, 3.05) is 26.9 Å². The van der Waals surface area contributed by atoms with Crippen molar-refractivity contribution in [2.45, 2.75) is 24.8 Å². The number of ether oxygens (including phenoxy) is 2. The molecule has 0 bridgehead atoms. The molecule has 2 aliphatic rings. The van der Waals surface area contributed by atoms with Crippen LogP contribution in [-0.2, 0) is 4.74 Å². The molecule has 1 aromatic carbocycles. The van der Waals surface area contributed by atoms with Gasteiger partial charge in [0.1, 0.15) is 5.75 Å². The average Bonchev–Trinajstić information content (AvgIpc) is 2.83. The molecule has 0 saturated carbocycles. The van der Waals surface area contributed by atoms with Crippen molar-refractivity contribution in [3.63, 3.8) is 0 Å². The monoisotopic (exact) mass is 247 g/mol. The van der Waals surface area contributed by atoms with Crippen LogP contribution in [0.4, 0.5) is 0 Å². The Labute approximate surface area is 108 Å². The van der Waals surface area contributed by atoms with Crippen molar-refractivity contribution in [1.29, 1.82) is 0 Å². The molecular formula is C15H21NO2. The van der Waals surface area contributed by atoms with Gasteiger partial charge in [-0.3, -0.25) is 0 Å².